The van der Waals surface area contributed by atoms with Gasteiger partial charge in [-0.15, -0.1) is 0 Å². The van der Waals surface area contributed by atoms with Crippen LogP contribution >= 0.6 is 0 Å². The molecule has 2 N–H and O–H groups in total. The molecule has 0 spiro atoms. The van der Waals surface area contributed by atoms with Crippen molar-refractivity contribution in [1.29, 1.82) is 0 Å². The summed E-state index contributed by atoms with van der Waals surface area (Å²) in [5, 5.41) is 6.52. The Bertz CT molecular complexity index is 1150. The van der Waals surface area contributed by atoms with Gasteiger partial charge in [0.1, 0.15) is 12.2 Å². The lowest BCUT2D eigenvalue weighted by molar-refractivity contribution is -0.444. The number of ether oxygens (including phenoxy) is 4. The fourth-order valence-electron chi connectivity index (χ4n) is 3.83. The Morgan fingerprint density at radius 1 is 0.694 bits per heavy atom. The molecule has 2 aromatic rings. The minimum absolute atomic E-state index is 0.233. The van der Waals surface area contributed by atoms with Gasteiger partial charge >= 0.3 is 0 Å². The van der Waals surface area contributed by atoms with Crippen LogP contribution < -0.4 is 10.6 Å². The van der Waals surface area contributed by atoms with Crippen LogP contribution in [-0.4, -0.2) is 80.4 Å². The Morgan fingerprint density at radius 3 is 1.25 bits per heavy atom. The first-order valence-electron chi connectivity index (χ1n) is 11.2. The summed E-state index contributed by atoms with van der Waals surface area (Å²) in [5.41, 5.74) is 1.43. The summed E-state index contributed by atoms with van der Waals surface area (Å²) >= 11 is 0. The van der Waals surface area contributed by atoms with Crippen molar-refractivity contribution in [2.24, 2.45) is 0 Å². The highest BCUT2D eigenvalue weighted by atomic mass is 32.2. The van der Waals surface area contributed by atoms with E-state index in [1.54, 1.807) is 38.1 Å². The number of nitrogens with one attached hydrogen (secondary N) is 2. The molecule has 12 heteroatoms. The molecule has 10 nitrogen and oxygen atoms in total. The van der Waals surface area contributed by atoms with Crippen molar-refractivity contribution in [3.8, 4) is 0 Å². The van der Waals surface area contributed by atoms with Crippen molar-refractivity contribution in [1.82, 2.24) is 0 Å². The fraction of sp³-hybridized carbons (Fsp3) is 0.500. The molecule has 3 rings (SSSR count). The van der Waals surface area contributed by atoms with Crippen LogP contribution in [0.1, 0.15) is 13.8 Å². The van der Waals surface area contributed by atoms with Gasteiger partial charge in [-0.1, -0.05) is 0 Å². The zero-order valence-electron chi connectivity index (χ0n) is 21.3. The first-order valence-corrected chi connectivity index (χ1v) is 15.0. The van der Waals surface area contributed by atoms with E-state index in [4.69, 9.17) is 18.9 Å². The van der Waals surface area contributed by atoms with Gasteiger partial charge in [-0.2, -0.15) is 0 Å². The molecule has 1 saturated heterocycles. The second-order valence-electron chi connectivity index (χ2n) is 8.97. The van der Waals surface area contributed by atoms with Crippen LogP contribution in [-0.2, 0) is 38.6 Å². The average molecular weight is 543 g/mol. The number of methoxy groups -OCH3 is 2. The predicted octanol–water partition coefficient (Wildman–Crippen LogP) is 2.53. The van der Waals surface area contributed by atoms with Gasteiger partial charge in [0, 0.05) is 51.2 Å². The van der Waals surface area contributed by atoms with E-state index in [-0.39, 0.29) is 9.79 Å². The van der Waals surface area contributed by atoms with Gasteiger partial charge in [0.25, 0.3) is 0 Å². The maximum absolute atomic E-state index is 11.7. The third-order valence-corrected chi connectivity index (χ3v) is 8.61. The topological polar surface area (TPSA) is 129 Å². The standard InChI is InChI=1S/C24H34N2O8S2/c1-23(31-3)24(2,32-4)34-22(16-26-18-9-13-20(14-10-18)36(6,29)30)21(33-23)15-25-17-7-11-19(12-8-17)35(5,27)28/h7-14,21-22,25-26H,15-16H2,1-6H3/t21?,22?,23-,24-/m1/s1. The first-order chi connectivity index (χ1) is 16.7. The normalized spacial score (nSPS) is 26.9. The maximum Gasteiger partial charge on any atom is 0.220 e. The van der Waals surface area contributed by atoms with Crippen LogP contribution in [0.25, 0.3) is 0 Å². The largest absolute Gasteiger partial charge is 0.382 e. The van der Waals surface area contributed by atoms with Gasteiger partial charge < -0.3 is 29.6 Å². The third kappa shape index (κ3) is 6.36. The van der Waals surface area contributed by atoms with Crippen molar-refractivity contribution in [3.05, 3.63) is 48.5 Å². The molecule has 36 heavy (non-hydrogen) atoms. The molecule has 1 aliphatic rings. The van der Waals surface area contributed by atoms with Crippen molar-refractivity contribution in [3.63, 3.8) is 0 Å². The van der Waals surface area contributed by atoms with Crippen LogP contribution in [0.4, 0.5) is 11.4 Å². The molecule has 0 aromatic heterocycles. The molecule has 0 bridgehead atoms. The molecular weight excluding hydrogens is 508 g/mol. The van der Waals surface area contributed by atoms with E-state index in [1.807, 2.05) is 0 Å². The molecule has 1 aliphatic heterocycles. The third-order valence-electron chi connectivity index (χ3n) is 6.35. The van der Waals surface area contributed by atoms with Gasteiger partial charge in [0.2, 0.25) is 11.6 Å². The molecule has 0 aliphatic carbocycles. The van der Waals surface area contributed by atoms with Crippen LogP contribution in [0.3, 0.4) is 0 Å². The molecule has 4 atom stereocenters. The van der Waals surface area contributed by atoms with Crippen molar-refractivity contribution in [2.75, 3.05) is 50.5 Å². The minimum atomic E-state index is -3.29. The molecule has 2 unspecified atom stereocenters. The summed E-state index contributed by atoms with van der Waals surface area (Å²) < 4.78 is 70.8. The zero-order valence-corrected chi connectivity index (χ0v) is 22.9. The van der Waals surface area contributed by atoms with E-state index in [2.05, 4.69) is 10.6 Å². The summed E-state index contributed by atoms with van der Waals surface area (Å²) in [4.78, 5) is 0.467. The van der Waals surface area contributed by atoms with E-state index in [0.29, 0.717) is 24.5 Å². The number of sulfone groups is 2. The number of hydrogen-bond acceptors (Lipinski definition) is 10. The highest BCUT2D eigenvalue weighted by Gasteiger charge is 2.56. The Kier molecular flexibility index (Phi) is 8.38. The zero-order chi connectivity index (χ0) is 26.8. The van der Waals surface area contributed by atoms with Gasteiger partial charge in [0.05, 0.1) is 9.79 Å². The Balaban J connectivity index is 1.77. The van der Waals surface area contributed by atoms with Crippen molar-refractivity contribution in [2.45, 2.75) is 47.4 Å². The van der Waals surface area contributed by atoms with Crippen molar-refractivity contribution >= 4 is 31.0 Å². The Hall–Kier alpha value is -2.22. The summed E-state index contributed by atoms with van der Waals surface area (Å²) in [7, 11) is -3.55. The molecule has 2 aromatic carbocycles. The number of anilines is 2. The van der Waals surface area contributed by atoms with Crippen molar-refractivity contribution < 1.29 is 35.8 Å². The number of rotatable bonds is 10. The molecule has 1 fully saturated rings. The summed E-state index contributed by atoms with van der Waals surface area (Å²) in [6.45, 7) is 4.13. The van der Waals surface area contributed by atoms with Gasteiger partial charge in [-0.25, -0.2) is 16.8 Å². The van der Waals surface area contributed by atoms with Crippen LogP contribution in [0.5, 0.6) is 0 Å². The highest BCUT2D eigenvalue weighted by molar-refractivity contribution is 7.91. The second-order valence-corrected chi connectivity index (χ2v) is 13.0. The lowest BCUT2D eigenvalue weighted by Crippen LogP contribution is -2.67. The van der Waals surface area contributed by atoms with E-state index in [1.165, 1.54) is 38.5 Å². The molecule has 200 valence electrons. The Labute approximate surface area is 213 Å². The maximum atomic E-state index is 11.7. The summed E-state index contributed by atoms with van der Waals surface area (Å²) in [5.74, 6) is -2.41. The highest BCUT2D eigenvalue weighted by Crippen LogP contribution is 2.39. The predicted molar refractivity (Wildman–Crippen MR) is 137 cm³/mol. The molecule has 0 saturated carbocycles. The molecule has 0 amide bonds. The SMILES string of the molecule is CO[C@]1(C)OC(CNc2ccc(S(C)(=O)=O)cc2)C(CNc2ccc(S(C)(=O)=O)cc2)O[C@@]1(C)OC. The second kappa shape index (κ2) is 10.6. The summed E-state index contributed by atoms with van der Waals surface area (Å²) in [6, 6.07) is 12.9. The lowest BCUT2D eigenvalue weighted by atomic mass is 10.0. The van der Waals surface area contributed by atoms with Gasteiger partial charge in [-0.3, -0.25) is 0 Å². The first kappa shape index (κ1) is 28.4. The Morgan fingerprint density at radius 2 is 1.00 bits per heavy atom. The minimum Gasteiger partial charge on any atom is -0.382 e. The van der Waals surface area contributed by atoms with Crippen LogP contribution in [0.2, 0.25) is 0 Å². The smallest absolute Gasteiger partial charge is 0.220 e. The monoisotopic (exact) mass is 542 g/mol. The van der Waals surface area contributed by atoms with Crippen LogP contribution in [0.15, 0.2) is 58.3 Å². The lowest BCUT2D eigenvalue weighted by Gasteiger charge is -2.52. The summed E-state index contributed by atoms with van der Waals surface area (Å²) in [6.07, 6.45) is 1.34. The van der Waals surface area contributed by atoms with E-state index >= 15 is 0 Å². The fourth-order valence-corrected chi connectivity index (χ4v) is 5.09. The number of hydrogen-bond donors (Lipinski definition) is 2. The van der Waals surface area contributed by atoms with E-state index in [0.717, 1.165) is 12.5 Å². The molecule has 0 radical (unpaired) electrons. The quantitative estimate of drug-likeness (QED) is 0.462. The van der Waals surface area contributed by atoms with Crippen LogP contribution in [0, 0.1) is 0 Å². The number of benzene rings is 2. The van der Waals surface area contributed by atoms with Gasteiger partial charge in [-0.05, 0) is 62.4 Å². The van der Waals surface area contributed by atoms with E-state index in [9.17, 15) is 16.8 Å². The molecule has 1 heterocycles. The van der Waals surface area contributed by atoms with Gasteiger partial charge in [0.15, 0.2) is 19.7 Å². The molecular formula is C24H34N2O8S2. The average Bonchev–Trinajstić information content (AvgIpc) is 2.83. The van der Waals surface area contributed by atoms with E-state index < -0.39 is 43.5 Å².